The van der Waals surface area contributed by atoms with Gasteiger partial charge in [-0.25, -0.2) is 4.98 Å². The van der Waals surface area contributed by atoms with Crippen LogP contribution in [-0.2, 0) is 20.8 Å². The Morgan fingerprint density at radius 3 is 2.69 bits per heavy atom. The van der Waals surface area contributed by atoms with Crippen molar-refractivity contribution in [3.63, 3.8) is 0 Å². The van der Waals surface area contributed by atoms with Crippen LogP contribution in [0.2, 0.25) is 0 Å². The molecule has 0 spiro atoms. The summed E-state index contributed by atoms with van der Waals surface area (Å²) in [5.74, 6) is -0.339. The number of rotatable bonds is 9. The van der Waals surface area contributed by atoms with E-state index in [0.717, 1.165) is 48.1 Å². The first-order valence-corrected chi connectivity index (χ1v) is 14.5. The number of nitrogens with one attached hydrogen (secondary N) is 1. The average Bonchev–Trinajstić information content (AvgIpc) is 3.47. The monoisotopic (exact) mass is 568 g/mol. The molecule has 3 aromatic carbocycles. The van der Waals surface area contributed by atoms with E-state index in [1.807, 2.05) is 72.8 Å². The molecular weight excluding hydrogens is 532 g/mol. The van der Waals surface area contributed by atoms with E-state index in [-0.39, 0.29) is 30.4 Å². The van der Waals surface area contributed by atoms with Crippen molar-refractivity contribution in [1.29, 1.82) is 0 Å². The lowest BCUT2D eigenvalue weighted by molar-refractivity contribution is -0.253. The summed E-state index contributed by atoms with van der Waals surface area (Å²) >= 11 is 0. The number of carbonyl (C=O) groups is 1. The standard InChI is InChI=1S/C33H36N4O5/c1-40-21-26-8-5-15-37(26)19-27-17-31(23-13-11-22(20-38)12-14-23)42-33(41-27)24-6-4-7-25(16-24)35-32(39)30-18-34-28-9-2-3-10-29(28)36-30/h2-4,6-7,9-14,16,18,26-27,31,33,38H,5,8,15,17,19-21H2,1H3,(H,35,39)/t26-,27+,31-,33-/m0/s1. The number of methoxy groups -OCH3 is 1. The number of ether oxygens (including phenoxy) is 3. The molecule has 9 nitrogen and oxygen atoms in total. The predicted molar refractivity (Wildman–Crippen MR) is 159 cm³/mol. The third-order valence-corrected chi connectivity index (χ3v) is 8.01. The van der Waals surface area contributed by atoms with Crippen LogP contribution >= 0.6 is 0 Å². The molecule has 4 atom stereocenters. The zero-order chi connectivity index (χ0) is 28.9. The average molecular weight is 569 g/mol. The number of aliphatic hydroxyl groups is 1. The fourth-order valence-electron chi connectivity index (χ4n) is 5.84. The van der Waals surface area contributed by atoms with Gasteiger partial charge < -0.3 is 24.6 Å². The maximum Gasteiger partial charge on any atom is 0.275 e. The molecule has 2 fully saturated rings. The van der Waals surface area contributed by atoms with Crippen molar-refractivity contribution in [2.24, 2.45) is 0 Å². The van der Waals surface area contributed by atoms with E-state index in [4.69, 9.17) is 14.2 Å². The molecule has 0 radical (unpaired) electrons. The smallest absolute Gasteiger partial charge is 0.275 e. The van der Waals surface area contributed by atoms with E-state index in [1.165, 1.54) is 6.20 Å². The van der Waals surface area contributed by atoms with Crippen LogP contribution < -0.4 is 5.32 Å². The lowest BCUT2D eigenvalue weighted by atomic mass is 9.99. The topological polar surface area (TPSA) is 106 Å². The number of para-hydroxylation sites is 2. The molecule has 2 saturated heterocycles. The quantitative estimate of drug-likeness (QED) is 0.290. The molecule has 0 saturated carbocycles. The number of nitrogens with zero attached hydrogens (tertiary/aromatic N) is 3. The Labute approximate surface area is 245 Å². The van der Waals surface area contributed by atoms with Gasteiger partial charge in [0.2, 0.25) is 0 Å². The highest BCUT2D eigenvalue weighted by Crippen LogP contribution is 2.39. The molecule has 2 N–H and O–H groups in total. The van der Waals surface area contributed by atoms with Gasteiger partial charge in [-0.2, -0.15) is 0 Å². The molecule has 6 rings (SSSR count). The summed E-state index contributed by atoms with van der Waals surface area (Å²) < 4.78 is 18.6. The first-order chi connectivity index (χ1) is 20.6. The largest absolute Gasteiger partial charge is 0.392 e. The minimum Gasteiger partial charge on any atom is -0.392 e. The first-order valence-electron chi connectivity index (χ1n) is 14.5. The SMILES string of the molecule is COC[C@@H]1CCCN1C[C@H]1C[C@@H](c2ccc(CO)cc2)O[C@@H](c2cccc(NC(=O)c3cnc4ccccc4n3)c2)O1. The highest BCUT2D eigenvalue weighted by Gasteiger charge is 2.35. The normalized spacial score (nSPS) is 22.8. The van der Waals surface area contributed by atoms with Crippen molar-refractivity contribution in [1.82, 2.24) is 14.9 Å². The first kappa shape index (κ1) is 28.4. The summed E-state index contributed by atoms with van der Waals surface area (Å²) in [6.07, 6.45) is 3.60. The predicted octanol–water partition coefficient (Wildman–Crippen LogP) is 5.03. The zero-order valence-electron chi connectivity index (χ0n) is 23.7. The molecule has 9 heteroatoms. The van der Waals surface area contributed by atoms with Crippen molar-refractivity contribution in [3.05, 3.63) is 101 Å². The molecular formula is C33H36N4O5. The van der Waals surface area contributed by atoms with Crippen molar-refractivity contribution in [2.75, 3.05) is 32.1 Å². The maximum atomic E-state index is 13.1. The van der Waals surface area contributed by atoms with Crippen LogP contribution in [0.25, 0.3) is 11.0 Å². The molecule has 4 aromatic rings. The van der Waals surface area contributed by atoms with Gasteiger partial charge >= 0.3 is 0 Å². The Bertz CT molecular complexity index is 1510. The number of amides is 1. The van der Waals surface area contributed by atoms with Gasteiger partial charge in [-0.05, 0) is 54.8 Å². The van der Waals surface area contributed by atoms with Gasteiger partial charge in [0.05, 0.1) is 42.7 Å². The molecule has 218 valence electrons. The zero-order valence-corrected chi connectivity index (χ0v) is 23.7. The third kappa shape index (κ3) is 6.51. The molecule has 0 aliphatic carbocycles. The Kier molecular flexibility index (Phi) is 8.83. The Hall–Kier alpha value is -3.73. The number of aromatic nitrogens is 2. The van der Waals surface area contributed by atoms with Gasteiger partial charge in [0.25, 0.3) is 5.91 Å². The van der Waals surface area contributed by atoms with Gasteiger partial charge in [-0.1, -0.05) is 48.5 Å². The van der Waals surface area contributed by atoms with Crippen LogP contribution in [0.4, 0.5) is 5.69 Å². The second-order valence-corrected chi connectivity index (χ2v) is 10.9. The summed E-state index contributed by atoms with van der Waals surface area (Å²) in [6, 6.07) is 23.3. The maximum absolute atomic E-state index is 13.1. The lowest BCUT2D eigenvalue weighted by Gasteiger charge is -2.39. The van der Waals surface area contributed by atoms with Crippen molar-refractivity contribution < 1.29 is 24.1 Å². The minimum absolute atomic E-state index is 0.000681. The van der Waals surface area contributed by atoms with Crippen LogP contribution in [0.5, 0.6) is 0 Å². The van der Waals surface area contributed by atoms with Crippen LogP contribution in [0.1, 0.15) is 58.8 Å². The van der Waals surface area contributed by atoms with Gasteiger partial charge in [0, 0.05) is 37.4 Å². The number of carbonyl (C=O) groups excluding carboxylic acids is 1. The van der Waals surface area contributed by atoms with E-state index in [1.54, 1.807) is 7.11 Å². The number of benzene rings is 3. The van der Waals surface area contributed by atoms with Crippen molar-refractivity contribution >= 4 is 22.6 Å². The summed E-state index contributed by atoms with van der Waals surface area (Å²) in [5, 5.41) is 12.5. The molecule has 2 aliphatic rings. The molecule has 1 aromatic heterocycles. The number of aliphatic hydroxyl groups excluding tert-OH is 1. The van der Waals surface area contributed by atoms with E-state index in [2.05, 4.69) is 20.2 Å². The van der Waals surface area contributed by atoms with E-state index < -0.39 is 6.29 Å². The number of fused-ring (bicyclic) bond motifs is 1. The van der Waals surface area contributed by atoms with E-state index in [0.29, 0.717) is 30.3 Å². The molecule has 42 heavy (non-hydrogen) atoms. The highest BCUT2D eigenvalue weighted by atomic mass is 16.7. The number of anilines is 1. The number of likely N-dealkylation sites (tertiary alicyclic amines) is 1. The summed E-state index contributed by atoms with van der Waals surface area (Å²) in [6.45, 7) is 2.52. The summed E-state index contributed by atoms with van der Waals surface area (Å²) in [4.78, 5) is 24.3. The third-order valence-electron chi connectivity index (χ3n) is 8.01. The number of hydrogen-bond acceptors (Lipinski definition) is 8. The van der Waals surface area contributed by atoms with Gasteiger partial charge in [-0.3, -0.25) is 14.7 Å². The van der Waals surface area contributed by atoms with Crippen LogP contribution in [0, 0.1) is 0 Å². The summed E-state index contributed by atoms with van der Waals surface area (Å²) in [7, 11) is 1.75. The van der Waals surface area contributed by atoms with Gasteiger partial charge in [0.15, 0.2) is 6.29 Å². The van der Waals surface area contributed by atoms with Gasteiger partial charge in [0.1, 0.15) is 5.69 Å². The van der Waals surface area contributed by atoms with Crippen molar-refractivity contribution in [2.45, 2.75) is 50.4 Å². The molecule has 0 bridgehead atoms. The second kappa shape index (κ2) is 13.1. The highest BCUT2D eigenvalue weighted by molar-refractivity contribution is 6.03. The van der Waals surface area contributed by atoms with Crippen LogP contribution in [0.3, 0.4) is 0 Å². The Morgan fingerprint density at radius 1 is 1.05 bits per heavy atom. The second-order valence-electron chi connectivity index (χ2n) is 10.9. The minimum atomic E-state index is -0.618. The molecule has 2 aliphatic heterocycles. The summed E-state index contributed by atoms with van der Waals surface area (Å²) in [5.41, 5.74) is 4.97. The Balaban J connectivity index is 1.21. The van der Waals surface area contributed by atoms with Crippen LogP contribution in [-0.4, -0.2) is 64.8 Å². The molecule has 1 amide bonds. The van der Waals surface area contributed by atoms with Crippen molar-refractivity contribution in [3.8, 4) is 0 Å². The number of hydrogen-bond donors (Lipinski definition) is 2. The van der Waals surface area contributed by atoms with Gasteiger partial charge in [-0.15, -0.1) is 0 Å². The lowest BCUT2D eigenvalue weighted by Crippen LogP contribution is -2.42. The molecule has 3 heterocycles. The Morgan fingerprint density at radius 2 is 1.88 bits per heavy atom. The van der Waals surface area contributed by atoms with E-state index in [9.17, 15) is 9.90 Å². The fraction of sp³-hybridized carbons (Fsp3) is 0.364. The fourth-order valence-corrected chi connectivity index (χ4v) is 5.84. The molecule has 0 unspecified atom stereocenters. The van der Waals surface area contributed by atoms with Crippen LogP contribution in [0.15, 0.2) is 79.0 Å². The van der Waals surface area contributed by atoms with E-state index >= 15 is 0 Å².